The van der Waals surface area contributed by atoms with Gasteiger partial charge < -0.3 is 19.7 Å². The van der Waals surface area contributed by atoms with E-state index in [0.29, 0.717) is 11.5 Å². The van der Waals surface area contributed by atoms with Crippen LogP contribution in [0.3, 0.4) is 0 Å². The summed E-state index contributed by atoms with van der Waals surface area (Å²) in [6, 6.07) is 0. The molecular weight excluding hydrogens is 393 g/mol. The van der Waals surface area contributed by atoms with E-state index in [1.54, 1.807) is 0 Å². The number of aliphatic imine (C=N–C) groups is 1. The molecule has 1 spiro atoms. The standard InChI is InChI=1S/C16H29N3O2.HI/c1-17-15(18-8-11-21-14-4-2-3-5-14)19-9-6-16(12-19)7-10-20-13-16;/h14H,2-13H2,1H3,(H,17,18);1H. The summed E-state index contributed by atoms with van der Waals surface area (Å²) in [6.45, 7) is 5.65. The molecule has 3 aliphatic rings. The first-order valence-electron chi connectivity index (χ1n) is 8.46. The Hall–Kier alpha value is -0.0800. The van der Waals surface area contributed by atoms with Gasteiger partial charge in [-0.25, -0.2) is 0 Å². The largest absolute Gasteiger partial charge is 0.381 e. The van der Waals surface area contributed by atoms with Gasteiger partial charge in [0.1, 0.15) is 0 Å². The minimum atomic E-state index is 0. The Bertz CT molecular complexity index is 366. The van der Waals surface area contributed by atoms with Crippen LogP contribution in [0.15, 0.2) is 4.99 Å². The number of rotatable bonds is 4. The maximum Gasteiger partial charge on any atom is 0.193 e. The Balaban J connectivity index is 0.00000176. The summed E-state index contributed by atoms with van der Waals surface area (Å²) in [7, 11) is 1.87. The molecule has 3 rings (SSSR count). The van der Waals surface area contributed by atoms with E-state index in [2.05, 4.69) is 15.2 Å². The molecule has 0 aromatic carbocycles. The molecule has 5 nitrogen and oxygen atoms in total. The first-order chi connectivity index (χ1) is 10.3. The lowest BCUT2D eigenvalue weighted by atomic mass is 9.87. The number of halogens is 1. The molecule has 1 aliphatic carbocycles. The summed E-state index contributed by atoms with van der Waals surface area (Å²) >= 11 is 0. The van der Waals surface area contributed by atoms with E-state index >= 15 is 0 Å². The van der Waals surface area contributed by atoms with Gasteiger partial charge in [0.15, 0.2) is 5.96 Å². The number of ether oxygens (including phenoxy) is 2. The van der Waals surface area contributed by atoms with Crippen LogP contribution < -0.4 is 5.32 Å². The predicted octanol–water partition coefficient (Wildman–Crippen LogP) is 2.25. The molecule has 1 atom stereocenters. The van der Waals surface area contributed by atoms with Crippen LogP contribution in [0.25, 0.3) is 0 Å². The fourth-order valence-electron chi connectivity index (χ4n) is 3.86. The summed E-state index contributed by atoms with van der Waals surface area (Å²) in [6.07, 6.45) is 8.07. The smallest absolute Gasteiger partial charge is 0.193 e. The number of nitrogens with one attached hydrogen (secondary N) is 1. The Morgan fingerprint density at radius 3 is 2.86 bits per heavy atom. The van der Waals surface area contributed by atoms with Gasteiger partial charge in [-0.1, -0.05) is 12.8 Å². The van der Waals surface area contributed by atoms with E-state index in [4.69, 9.17) is 9.47 Å². The third-order valence-corrected chi connectivity index (χ3v) is 5.18. The highest BCUT2D eigenvalue weighted by molar-refractivity contribution is 14.0. The van der Waals surface area contributed by atoms with Crippen molar-refractivity contribution in [3.8, 4) is 0 Å². The first kappa shape index (κ1) is 18.3. The summed E-state index contributed by atoms with van der Waals surface area (Å²) < 4.78 is 11.5. The van der Waals surface area contributed by atoms with E-state index in [1.165, 1.54) is 38.5 Å². The fourth-order valence-corrected chi connectivity index (χ4v) is 3.86. The molecule has 128 valence electrons. The molecule has 3 fully saturated rings. The molecule has 0 radical (unpaired) electrons. The summed E-state index contributed by atoms with van der Waals surface area (Å²) in [5, 5.41) is 3.45. The van der Waals surface area contributed by atoms with Crippen molar-refractivity contribution in [1.82, 2.24) is 10.2 Å². The van der Waals surface area contributed by atoms with Crippen molar-refractivity contribution in [3.63, 3.8) is 0 Å². The monoisotopic (exact) mass is 423 g/mol. The number of hydrogen-bond acceptors (Lipinski definition) is 3. The minimum absolute atomic E-state index is 0. The quantitative estimate of drug-likeness (QED) is 0.326. The van der Waals surface area contributed by atoms with Gasteiger partial charge in [0.05, 0.1) is 19.3 Å². The Morgan fingerprint density at radius 2 is 2.18 bits per heavy atom. The van der Waals surface area contributed by atoms with Crippen molar-refractivity contribution < 1.29 is 9.47 Å². The average Bonchev–Trinajstić information content (AvgIpc) is 3.24. The summed E-state index contributed by atoms with van der Waals surface area (Å²) in [5.41, 5.74) is 0.387. The third kappa shape index (κ3) is 4.47. The average molecular weight is 423 g/mol. The molecule has 2 heterocycles. The van der Waals surface area contributed by atoms with Crippen LogP contribution >= 0.6 is 24.0 Å². The Kier molecular flexibility index (Phi) is 7.21. The Labute approximate surface area is 151 Å². The van der Waals surface area contributed by atoms with Crippen molar-refractivity contribution in [3.05, 3.63) is 0 Å². The Morgan fingerprint density at radius 1 is 1.36 bits per heavy atom. The topological polar surface area (TPSA) is 46.1 Å². The number of hydrogen-bond donors (Lipinski definition) is 1. The van der Waals surface area contributed by atoms with E-state index < -0.39 is 0 Å². The molecule has 0 aromatic rings. The lowest BCUT2D eigenvalue weighted by molar-refractivity contribution is 0.0619. The van der Waals surface area contributed by atoms with Gasteiger partial charge in [0.2, 0.25) is 0 Å². The van der Waals surface area contributed by atoms with Crippen LogP contribution in [-0.4, -0.2) is 63.5 Å². The van der Waals surface area contributed by atoms with Crippen molar-refractivity contribution in [2.45, 2.75) is 44.6 Å². The molecule has 2 saturated heterocycles. The molecule has 0 amide bonds. The zero-order valence-electron chi connectivity index (χ0n) is 13.7. The predicted molar refractivity (Wildman–Crippen MR) is 99.0 cm³/mol. The van der Waals surface area contributed by atoms with Gasteiger partial charge in [0.25, 0.3) is 0 Å². The zero-order valence-corrected chi connectivity index (χ0v) is 16.0. The molecule has 0 aromatic heterocycles. The zero-order chi connectivity index (χ0) is 14.5. The molecule has 1 saturated carbocycles. The van der Waals surface area contributed by atoms with Crippen molar-refractivity contribution in [1.29, 1.82) is 0 Å². The number of likely N-dealkylation sites (tertiary alicyclic amines) is 1. The maximum atomic E-state index is 5.90. The van der Waals surface area contributed by atoms with Crippen LogP contribution in [0, 0.1) is 5.41 Å². The second-order valence-electron chi connectivity index (χ2n) is 6.73. The summed E-state index contributed by atoms with van der Waals surface area (Å²) in [5.74, 6) is 1.02. The highest BCUT2D eigenvalue weighted by Gasteiger charge is 2.42. The SMILES string of the molecule is CN=C(NCCOC1CCCC1)N1CCC2(CCOC2)C1.I. The number of guanidine groups is 1. The second-order valence-corrected chi connectivity index (χ2v) is 6.73. The van der Waals surface area contributed by atoms with E-state index in [1.807, 2.05) is 7.05 Å². The van der Waals surface area contributed by atoms with Gasteiger partial charge in [-0.05, 0) is 25.7 Å². The highest BCUT2D eigenvalue weighted by atomic mass is 127. The van der Waals surface area contributed by atoms with Crippen LogP contribution in [0.1, 0.15) is 38.5 Å². The minimum Gasteiger partial charge on any atom is -0.381 e. The van der Waals surface area contributed by atoms with Crippen molar-refractivity contribution in [2.24, 2.45) is 10.4 Å². The van der Waals surface area contributed by atoms with Crippen molar-refractivity contribution in [2.75, 3.05) is 46.5 Å². The molecule has 1 unspecified atom stereocenters. The highest BCUT2D eigenvalue weighted by Crippen LogP contribution is 2.38. The lowest BCUT2D eigenvalue weighted by Crippen LogP contribution is -2.42. The molecule has 2 aliphatic heterocycles. The molecule has 0 bridgehead atoms. The third-order valence-electron chi connectivity index (χ3n) is 5.18. The van der Waals surface area contributed by atoms with Crippen LogP contribution in [-0.2, 0) is 9.47 Å². The van der Waals surface area contributed by atoms with Gasteiger partial charge in [0, 0.05) is 38.7 Å². The molecule has 22 heavy (non-hydrogen) atoms. The van der Waals surface area contributed by atoms with E-state index in [-0.39, 0.29) is 24.0 Å². The van der Waals surface area contributed by atoms with Crippen molar-refractivity contribution >= 4 is 29.9 Å². The van der Waals surface area contributed by atoms with Gasteiger partial charge in [-0.3, -0.25) is 4.99 Å². The fraction of sp³-hybridized carbons (Fsp3) is 0.938. The van der Waals surface area contributed by atoms with E-state index in [9.17, 15) is 0 Å². The molecule has 6 heteroatoms. The van der Waals surface area contributed by atoms with E-state index in [0.717, 1.165) is 45.4 Å². The van der Waals surface area contributed by atoms with Crippen LogP contribution in [0.4, 0.5) is 0 Å². The normalized spacial score (nSPS) is 29.3. The van der Waals surface area contributed by atoms with Crippen LogP contribution in [0.5, 0.6) is 0 Å². The molecule has 1 N–H and O–H groups in total. The first-order valence-corrected chi connectivity index (χ1v) is 8.46. The maximum absolute atomic E-state index is 5.90. The molecular formula is C16H30IN3O2. The second kappa shape index (κ2) is 8.68. The van der Waals surface area contributed by atoms with Gasteiger partial charge in [-0.2, -0.15) is 0 Å². The van der Waals surface area contributed by atoms with Crippen LogP contribution in [0.2, 0.25) is 0 Å². The summed E-state index contributed by atoms with van der Waals surface area (Å²) in [4.78, 5) is 6.81. The van der Waals surface area contributed by atoms with Gasteiger partial charge in [-0.15, -0.1) is 24.0 Å². The number of nitrogens with zero attached hydrogens (tertiary/aromatic N) is 2. The van der Waals surface area contributed by atoms with Gasteiger partial charge >= 0.3 is 0 Å². The lowest BCUT2D eigenvalue weighted by Gasteiger charge is -2.25.